The van der Waals surface area contributed by atoms with Gasteiger partial charge in [-0.1, -0.05) is 12.8 Å². The number of rotatable bonds is 2. The third kappa shape index (κ3) is 2.75. The van der Waals surface area contributed by atoms with Crippen molar-refractivity contribution in [1.82, 2.24) is 14.7 Å². The molecule has 6 heteroatoms. The number of aromatic nitrogens is 2. The van der Waals surface area contributed by atoms with E-state index in [1.165, 1.54) is 0 Å². The highest BCUT2D eigenvalue weighted by Gasteiger charge is 2.23. The molecule has 6 nitrogen and oxygen atoms in total. The van der Waals surface area contributed by atoms with Crippen molar-refractivity contribution in [2.24, 2.45) is 5.73 Å². The van der Waals surface area contributed by atoms with Crippen molar-refractivity contribution < 1.29 is 4.79 Å². The Bertz CT molecular complexity index is 608. The fourth-order valence-electron chi connectivity index (χ4n) is 2.66. The van der Waals surface area contributed by atoms with Crippen molar-refractivity contribution >= 4 is 17.4 Å². The zero-order chi connectivity index (χ0) is 13.9. The molecule has 1 aliphatic carbocycles. The van der Waals surface area contributed by atoms with Crippen LogP contribution in [0.1, 0.15) is 25.7 Å². The summed E-state index contributed by atoms with van der Waals surface area (Å²) in [6.07, 6.45) is 9.65. The summed E-state index contributed by atoms with van der Waals surface area (Å²) in [5.74, 6) is 0. The lowest BCUT2D eigenvalue weighted by Crippen LogP contribution is -2.50. The van der Waals surface area contributed by atoms with Crippen molar-refractivity contribution in [2.45, 2.75) is 37.8 Å². The van der Waals surface area contributed by atoms with Gasteiger partial charge in [-0.2, -0.15) is 0 Å². The largest absolute Gasteiger partial charge is 0.334 e. The Morgan fingerprint density at radius 3 is 3.05 bits per heavy atom. The van der Waals surface area contributed by atoms with E-state index in [1.807, 2.05) is 28.9 Å². The number of carbonyl (C=O) groups is 1. The van der Waals surface area contributed by atoms with E-state index in [2.05, 4.69) is 15.6 Å². The SMILES string of the molecule is N[C@@H]1CCCC[C@H]1NC(=O)Nc1ccn2ccnc2c1. The highest BCUT2D eigenvalue weighted by molar-refractivity contribution is 5.90. The molecule has 2 atom stereocenters. The molecular formula is C14H19N5O. The number of amides is 2. The number of anilines is 1. The predicted molar refractivity (Wildman–Crippen MR) is 77.6 cm³/mol. The molecule has 2 aromatic heterocycles. The van der Waals surface area contributed by atoms with E-state index in [0.717, 1.165) is 37.0 Å². The molecule has 0 saturated heterocycles. The maximum atomic E-state index is 12.0. The van der Waals surface area contributed by atoms with Crippen LogP contribution in [0.25, 0.3) is 5.65 Å². The fraction of sp³-hybridized carbons (Fsp3) is 0.429. The zero-order valence-corrected chi connectivity index (χ0v) is 11.2. The van der Waals surface area contributed by atoms with Crippen molar-refractivity contribution in [2.75, 3.05) is 5.32 Å². The van der Waals surface area contributed by atoms with Gasteiger partial charge >= 0.3 is 6.03 Å². The van der Waals surface area contributed by atoms with E-state index in [0.29, 0.717) is 0 Å². The average molecular weight is 273 g/mol. The Hall–Kier alpha value is -2.08. The molecular weight excluding hydrogens is 254 g/mol. The van der Waals surface area contributed by atoms with Crippen LogP contribution in [0.4, 0.5) is 10.5 Å². The standard InChI is InChI=1S/C14H19N5O/c15-11-3-1-2-4-12(11)18-14(20)17-10-5-7-19-8-6-16-13(19)9-10/h5-9,11-12H,1-4,15H2,(H2,17,18,20)/t11-,12-/m1/s1. The quantitative estimate of drug-likeness (QED) is 0.779. The van der Waals surface area contributed by atoms with E-state index >= 15 is 0 Å². The van der Waals surface area contributed by atoms with E-state index in [4.69, 9.17) is 5.73 Å². The van der Waals surface area contributed by atoms with Crippen LogP contribution in [0, 0.1) is 0 Å². The Kier molecular flexibility index (Phi) is 3.56. The summed E-state index contributed by atoms with van der Waals surface area (Å²) in [7, 11) is 0. The number of fused-ring (bicyclic) bond motifs is 1. The molecule has 1 saturated carbocycles. The molecule has 0 radical (unpaired) electrons. The maximum Gasteiger partial charge on any atom is 0.319 e. The number of nitrogens with two attached hydrogens (primary N) is 1. The van der Waals surface area contributed by atoms with Crippen molar-refractivity contribution in [3.8, 4) is 0 Å². The van der Waals surface area contributed by atoms with E-state index in [9.17, 15) is 4.79 Å². The summed E-state index contributed by atoms with van der Waals surface area (Å²) < 4.78 is 1.89. The number of hydrogen-bond donors (Lipinski definition) is 3. The molecule has 0 spiro atoms. The maximum absolute atomic E-state index is 12.0. The molecule has 2 heterocycles. The van der Waals surface area contributed by atoms with Crippen LogP contribution in [-0.2, 0) is 0 Å². The Morgan fingerprint density at radius 1 is 1.35 bits per heavy atom. The molecule has 106 valence electrons. The van der Waals surface area contributed by atoms with Crippen LogP contribution in [-0.4, -0.2) is 27.5 Å². The second-order valence-corrected chi connectivity index (χ2v) is 5.26. The van der Waals surface area contributed by atoms with Crippen LogP contribution < -0.4 is 16.4 Å². The van der Waals surface area contributed by atoms with Gasteiger partial charge in [-0.05, 0) is 18.9 Å². The summed E-state index contributed by atoms with van der Waals surface area (Å²) in [5.41, 5.74) is 7.56. The van der Waals surface area contributed by atoms with Gasteiger partial charge in [0.05, 0.1) is 0 Å². The van der Waals surface area contributed by atoms with Gasteiger partial charge in [0.25, 0.3) is 0 Å². The minimum Gasteiger partial charge on any atom is -0.334 e. The number of urea groups is 1. The number of carbonyl (C=O) groups excluding carboxylic acids is 1. The van der Waals surface area contributed by atoms with Gasteiger partial charge in [0.1, 0.15) is 5.65 Å². The Labute approximate surface area is 117 Å². The van der Waals surface area contributed by atoms with Gasteiger partial charge < -0.3 is 20.8 Å². The molecule has 0 aliphatic heterocycles. The number of imidazole rings is 1. The first-order valence-electron chi connectivity index (χ1n) is 6.98. The molecule has 0 bridgehead atoms. The summed E-state index contributed by atoms with van der Waals surface area (Å²) in [6.45, 7) is 0. The minimum atomic E-state index is -0.205. The molecule has 2 amide bonds. The smallest absolute Gasteiger partial charge is 0.319 e. The van der Waals surface area contributed by atoms with Crippen LogP contribution in [0.15, 0.2) is 30.7 Å². The lowest BCUT2D eigenvalue weighted by Gasteiger charge is -2.29. The van der Waals surface area contributed by atoms with Crippen LogP contribution >= 0.6 is 0 Å². The molecule has 2 aromatic rings. The third-order valence-electron chi connectivity index (χ3n) is 3.79. The summed E-state index contributed by atoms with van der Waals surface area (Å²) in [5, 5.41) is 5.79. The predicted octanol–water partition coefficient (Wildman–Crippen LogP) is 1.73. The lowest BCUT2D eigenvalue weighted by atomic mass is 9.91. The molecule has 0 aromatic carbocycles. The summed E-state index contributed by atoms with van der Waals surface area (Å²) >= 11 is 0. The first-order chi connectivity index (χ1) is 9.72. The molecule has 4 N–H and O–H groups in total. The topological polar surface area (TPSA) is 84.4 Å². The summed E-state index contributed by atoms with van der Waals surface area (Å²) in [4.78, 5) is 16.2. The van der Waals surface area contributed by atoms with Gasteiger partial charge in [0.15, 0.2) is 0 Å². The fourth-order valence-corrected chi connectivity index (χ4v) is 2.66. The first kappa shape index (κ1) is 12.9. The van der Waals surface area contributed by atoms with E-state index in [-0.39, 0.29) is 18.1 Å². The minimum absolute atomic E-state index is 0.0595. The highest BCUT2D eigenvalue weighted by Crippen LogP contribution is 2.17. The lowest BCUT2D eigenvalue weighted by molar-refractivity contribution is 0.240. The summed E-state index contributed by atoms with van der Waals surface area (Å²) in [6, 6.07) is 3.60. The van der Waals surface area contributed by atoms with Gasteiger partial charge in [-0.15, -0.1) is 0 Å². The van der Waals surface area contributed by atoms with E-state index < -0.39 is 0 Å². The second-order valence-electron chi connectivity index (χ2n) is 5.26. The number of pyridine rings is 1. The molecule has 0 unspecified atom stereocenters. The van der Waals surface area contributed by atoms with Gasteiger partial charge in [0, 0.05) is 42.4 Å². The van der Waals surface area contributed by atoms with Gasteiger partial charge in [-0.3, -0.25) is 0 Å². The number of nitrogens with one attached hydrogen (secondary N) is 2. The highest BCUT2D eigenvalue weighted by atomic mass is 16.2. The number of hydrogen-bond acceptors (Lipinski definition) is 3. The third-order valence-corrected chi connectivity index (χ3v) is 3.79. The van der Waals surface area contributed by atoms with Crippen LogP contribution in [0.3, 0.4) is 0 Å². The molecule has 1 aliphatic rings. The second kappa shape index (κ2) is 5.50. The Morgan fingerprint density at radius 2 is 2.20 bits per heavy atom. The zero-order valence-electron chi connectivity index (χ0n) is 11.2. The normalized spacial score (nSPS) is 22.6. The monoisotopic (exact) mass is 273 g/mol. The molecule has 1 fully saturated rings. The van der Waals surface area contributed by atoms with Crippen LogP contribution in [0.2, 0.25) is 0 Å². The van der Waals surface area contributed by atoms with Crippen LogP contribution in [0.5, 0.6) is 0 Å². The first-order valence-corrected chi connectivity index (χ1v) is 6.98. The number of nitrogens with zero attached hydrogens (tertiary/aromatic N) is 2. The van der Waals surface area contributed by atoms with Gasteiger partial charge in [0.2, 0.25) is 0 Å². The van der Waals surface area contributed by atoms with Crippen molar-refractivity contribution in [1.29, 1.82) is 0 Å². The van der Waals surface area contributed by atoms with Gasteiger partial charge in [-0.25, -0.2) is 9.78 Å². The molecule has 20 heavy (non-hydrogen) atoms. The van der Waals surface area contributed by atoms with E-state index in [1.54, 1.807) is 6.20 Å². The van der Waals surface area contributed by atoms with Crippen molar-refractivity contribution in [3.05, 3.63) is 30.7 Å². The molecule has 3 rings (SSSR count). The Balaban J connectivity index is 1.63. The average Bonchev–Trinajstić information content (AvgIpc) is 2.89. The van der Waals surface area contributed by atoms with Crippen molar-refractivity contribution in [3.63, 3.8) is 0 Å².